The summed E-state index contributed by atoms with van der Waals surface area (Å²) in [6.07, 6.45) is 0. The van der Waals surface area contributed by atoms with Crippen molar-refractivity contribution < 1.29 is 9.53 Å². The third kappa shape index (κ3) is 4.37. The number of piperazine rings is 1. The normalized spacial score (nSPS) is 13.8. The lowest BCUT2D eigenvalue weighted by Crippen LogP contribution is -2.48. The van der Waals surface area contributed by atoms with E-state index in [1.807, 2.05) is 44.2 Å². The molecule has 178 valence electrons. The highest BCUT2D eigenvalue weighted by molar-refractivity contribution is 5.94. The van der Waals surface area contributed by atoms with Crippen LogP contribution in [0.4, 0.5) is 11.6 Å². The first-order chi connectivity index (χ1) is 16.9. The number of benzene rings is 3. The minimum atomic E-state index is -0.454. The van der Waals surface area contributed by atoms with E-state index in [1.54, 1.807) is 22.8 Å². The first-order valence-electron chi connectivity index (χ1n) is 11.7. The number of nitrogens with zero attached hydrogens (tertiary/aromatic N) is 4. The van der Waals surface area contributed by atoms with Gasteiger partial charge < -0.3 is 14.5 Å². The van der Waals surface area contributed by atoms with E-state index in [9.17, 15) is 9.59 Å². The summed E-state index contributed by atoms with van der Waals surface area (Å²) in [5.41, 5.74) is 4.83. The van der Waals surface area contributed by atoms with Gasteiger partial charge in [0, 0.05) is 31.9 Å². The summed E-state index contributed by atoms with van der Waals surface area (Å²) in [7, 11) is 1.34. The van der Waals surface area contributed by atoms with Gasteiger partial charge in [0.05, 0.1) is 29.3 Å². The minimum Gasteiger partial charge on any atom is -0.465 e. The van der Waals surface area contributed by atoms with E-state index in [-0.39, 0.29) is 5.56 Å². The summed E-state index contributed by atoms with van der Waals surface area (Å²) in [5, 5.41) is 0.462. The largest absolute Gasteiger partial charge is 0.465 e. The second-order valence-electron chi connectivity index (χ2n) is 8.93. The Balaban J connectivity index is 1.62. The van der Waals surface area contributed by atoms with Crippen molar-refractivity contribution >= 4 is 28.5 Å². The number of hydrogen-bond donors (Lipinski definition) is 0. The van der Waals surface area contributed by atoms with Crippen molar-refractivity contribution in [2.24, 2.45) is 0 Å². The molecular formula is C28H28N4O3. The molecule has 0 atom stereocenters. The van der Waals surface area contributed by atoms with Crippen LogP contribution in [0.1, 0.15) is 21.5 Å². The highest BCUT2D eigenvalue weighted by atomic mass is 16.5. The van der Waals surface area contributed by atoms with Crippen LogP contribution in [0, 0.1) is 13.8 Å². The number of fused-ring (bicyclic) bond motifs is 1. The Bertz CT molecular complexity index is 1430. The number of carbonyl (C=O) groups excluding carboxylic acids is 1. The molecule has 0 saturated carbocycles. The van der Waals surface area contributed by atoms with Gasteiger partial charge in [-0.2, -0.15) is 0 Å². The van der Waals surface area contributed by atoms with Gasteiger partial charge in [-0.25, -0.2) is 14.3 Å². The fourth-order valence-electron chi connectivity index (χ4n) is 4.75. The smallest absolute Gasteiger partial charge is 0.337 e. The zero-order valence-electron chi connectivity index (χ0n) is 20.2. The fraction of sp³-hybridized carbons (Fsp3) is 0.250. The first-order valence-corrected chi connectivity index (χ1v) is 11.7. The van der Waals surface area contributed by atoms with E-state index in [2.05, 4.69) is 28.0 Å². The number of rotatable bonds is 4. The highest BCUT2D eigenvalue weighted by Gasteiger charge is 2.24. The second-order valence-corrected chi connectivity index (χ2v) is 8.93. The Kier molecular flexibility index (Phi) is 5.99. The van der Waals surface area contributed by atoms with Crippen molar-refractivity contribution in [2.75, 3.05) is 43.1 Å². The number of ether oxygens (including phenoxy) is 1. The number of hydrogen-bond acceptors (Lipinski definition) is 6. The maximum absolute atomic E-state index is 13.8. The monoisotopic (exact) mass is 468 g/mol. The average molecular weight is 469 g/mol. The number of carbonyl (C=O) groups is 1. The molecule has 3 aromatic carbocycles. The van der Waals surface area contributed by atoms with E-state index < -0.39 is 5.97 Å². The molecule has 0 spiro atoms. The third-order valence-corrected chi connectivity index (χ3v) is 6.42. The Hall–Kier alpha value is -4.13. The standard InChI is InChI=1S/C28H28N4O3/c1-19-15-20(2)17-23(16-19)32-26(33)24-10-9-21(27(34)35-3)18-25(24)29-28(32)31-13-11-30(12-14-31)22-7-5-4-6-8-22/h4-10,15-18H,11-14H2,1-3H3. The molecule has 35 heavy (non-hydrogen) atoms. The summed E-state index contributed by atoms with van der Waals surface area (Å²) in [5.74, 6) is 0.132. The van der Waals surface area contributed by atoms with Gasteiger partial charge in [-0.1, -0.05) is 24.3 Å². The molecular weight excluding hydrogens is 440 g/mol. The van der Waals surface area contributed by atoms with Crippen molar-refractivity contribution in [1.82, 2.24) is 9.55 Å². The van der Waals surface area contributed by atoms with Gasteiger partial charge >= 0.3 is 5.97 Å². The molecule has 0 bridgehead atoms. The molecule has 2 heterocycles. The number of anilines is 2. The van der Waals surface area contributed by atoms with Crippen LogP contribution in [-0.2, 0) is 4.74 Å². The molecule has 7 nitrogen and oxygen atoms in total. The molecule has 1 fully saturated rings. The molecule has 0 aliphatic carbocycles. The second kappa shape index (κ2) is 9.25. The number of para-hydroxylation sites is 1. The summed E-state index contributed by atoms with van der Waals surface area (Å²) in [6, 6.07) is 21.4. The molecule has 1 aliphatic heterocycles. The van der Waals surface area contributed by atoms with Gasteiger partial charge in [0.2, 0.25) is 5.95 Å². The summed E-state index contributed by atoms with van der Waals surface area (Å²) < 4.78 is 6.58. The van der Waals surface area contributed by atoms with Gasteiger partial charge in [-0.3, -0.25) is 4.79 Å². The molecule has 1 saturated heterocycles. The lowest BCUT2D eigenvalue weighted by molar-refractivity contribution is 0.0601. The molecule has 5 rings (SSSR count). The van der Waals surface area contributed by atoms with E-state index in [0.717, 1.165) is 29.9 Å². The topological polar surface area (TPSA) is 67.7 Å². The first kappa shape index (κ1) is 22.7. The number of aromatic nitrogens is 2. The van der Waals surface area contributed by atoms with E-state index in [1.165, 1.54) is 12.8 Å². The van der Waals surface area contributed by atoms with Gasteiger partial charge in [0.1, 0.15) is 0 Å². The van der Waals surface area contributed by atoms with Gasteiger partial charge in [0.25, 0.3) is 5.56 Å². The Morgan fingerprint density at radius 3 is 2.14 bits per heavy atom. The van der Waals surface area contributed by atoms with Crippen LogP contribution in [0.2, 0.25) is 0 Å². The van der Waals surface area contributed by atoms with Crippen LogP contribution in [0.3, 0.4) is 0 Å². The van der Waals surface area contributed by atoms with Crippen molar-refractivity contribution in [3.63, 3.8) is 0 Å². The SMILES string of the molecule is COC(=O)c1ccc2c(=O)n(-c3cc(C)cc(C)c3)c(N3CCN(c4ccccc4)CC3)nc2c1. The maximum Gasteiger partial charge on any atom is 0.337 e. The quantitative estimate of drug-likeness (QED) is 0.420. The maximum atomic E-state index is 13.8. The summed E-state index contributed by atoms with van der Waals surface area (Å²) in [4.78, 5) is 35.4. The number of methoxy groups -OCH3 is 1. The summed E-state index contributed by atoms with van der Waals surface area (Å²) >= 11 is 0. The zero-order valence-corrected chi connectivity index (χ0v) is 20.2. The van der Waals surface area contributed by atoms with E-state index in [0.29, 0.717) is 35.5 Å². The van der Waals surface area contributed by atoms with Crippen LogP contribution < -0.4 is 15.4 Å². The zero-order chi connectivity index (χ0) is 24.5. The van der Waals surface area contributed by atoms with E-state index in [4.69, 9.17) is 9.72 Å². The van der Waals surface area contributed by atoms with Crippen molar-refractivity contribution in [2.45, 2.75) is 13.8 Å². The van der Waals surface area contributed by atoms with Crippen LogP contribution in [0.15, 0.2) is 71.5 Å². The average Bonchev–Trinajstić information content (AvgIpc) is 2.87. The van der Waals surface area contributed by atoms with Crippen LogP contribution in [0.5, 0.6) is 0 Å². The predicted molar refractivity (Wildman–Crippen MR) is 139 cm³/mol. The molecule has 4 aromatic rings. The van der Waals surface area contributed by atoms with E-state index >= 15 is 0 Å². The number of esters is 1. The predicted octanol–water partition coefficient (Wildman–Crippen LogP) is 4.12. The van der Waals surface area contributed by atoms with Crippen LogP contribution in [-0.4, -0.2) is 48.8 Å². The van der Waals surface area contributed by atoms with Crippen molar-refractivity contribution in [1.29, 1.82) is 0 Å². The molecule has 1 aromatic heterocycles. The van der Waals surface area contributed by atoms with Gasteiger partial charge in [0.15, 0.2) is 0 Å². The molecule has 7 heteroatoms. The van der Waals surface area contributed by atoms with Crippen LogP contribution in [0.25, 0.3) is 16.6 Å². The Morgan fingerprint density at radius 1 is 0.829 bits per heavy atom. The molecule has 1 aliphatic rings. The van der Waals surface area contributed by atoms with Gasteiger partial charge in [-0.15, -0.1) is 0 Å². The molecule has 0 amide bonds. The lowest BCUT2D eigenvalue weighted by atomic mass is 10.1. The number of aryl methyl sites for hydroxylation is 2. The summed E-state index contributed by atoms with van der Waals surface area (Å²) in [6.45, 7) is 7.11. The molecule has 0 N–H and O–H groups in total. The van der Waals surface area contributed by atoms with Crippen molar-refractivity contribution in [3.8, 4) is 5.69 Å². The van der Waals surface area contributed by atoms with Crippen LogP contribution >= 0.6 is 0 Å². The molecule has 0 unspecified atom stereocenters. The molecule has 0 radical (unpaired) electrons. The Labute approximate surface area is 204 Å². The van der Waals surface area contributed by atoms with Crippen molar-refractivity contribution in [3.05, 3.63) is 93.8 Å². The Morgan fingerprint density at radius 2 is 1.49 bits per heavy atom. The minimum absolute atomic E-state index is 0.156. The lowest BCUT2D eigenvalue weighted by Gasteiger charge is -2.37. The highest BCUT2D eigenvalue weighted by Crippen LogP contribution is 2.24. The van der Waals surface area contributed by atoms with Gasteiger partial charge in [-0.05, 0) is 67.4 Å². The fourth-order valence-corrected chi connectivity index (χ4v) is 4.75. The third-order valence-electron chi connectivity index (χ3n) is 6.42.